The fourth-order valence-corrected chi connectivity index (χ4v) is 4.93. The summed E-state index contributed by atoms with van der Waals surface area (Å²) in [5.41, 5.74) is -0.534. The Kier molecular flexibility index (Phi) is 4.47. The highest BCUT2D eigenvalue weighted by Crippen LogP contribution is 2.51. The molecule has 0 bridgehead atoms. The second-order valence-corrected chi connectivity index (χ2v) is 7.30. The molecule has 22 heavy (non-hydrogen) atoms. The zero-order chi connectivity index (χ0) is 15.7. The van der Waals surface area contributed by atoms with Gasteiger partial charge in [-0.25, -0.2) is 0 Å². The number of carboxylic acid groups (broad SMARTS) is 1. The van der Waals surface area contributed by atoms with E-state index in [4.69, 9.17) is 11.6 Å². The van der Waals surface area contributed by atoms with E-state index in [1.807, 2.05) is 0 Å². The molecule has 2 aliphatic carbocycles. The van der Waals surface area contributed by atoms with Gasteiger partial charge in [-0.2, -0.15) is 0 Å². The minimum Gasteiger partial charge on any atom is -0.481 e. The van der Waals surface area contributed by atoms with Gasteiger partial charge in [0, 0.05) is 5.02 Å². The molecule has 2 N–H and O–H groups in total. The van der Waals surface area contributed by atoms with E-state index in [2.05, 4.69) is 0 Å². The number of halogens is 1. The van der Waals surface area contributed by atoms with E-state index in [0.29, 0.717) is 22.9 Å². The topological polar surface area (TPSA) is 57.5 Å². The first-order chi connectivity index (χ1) is 10.5. The van der Waals surface area contributed by atoms with Crippen molar-refractivity contribution in [1.82, 2.24) is 0 Å². The zero-order valence-electron chi connectivity index (χ0n) is 12.7. The third-order valence-corrected chi connectivity index (χ3v) is 5.87. The van der Waals surface area contributed by atoms with Crippen LogP contribution in [-0.4, -0.2) is 21.8 Å². The number of hydrogen-bond acceptors (Lipinski definition) is 2. The largest absolute Gasteiger partial charge is 0.481 e. The van der Waals surface area contributed by atoms with Crippen LogP contribution in [0.2, 0.25) is 5.02 Å². The van der Waals surface area contributed by atoms with Crippen molar-refractivity contribution >= 4 is 17.6 Å². The van der Waals surface area contributed by atoms with Crippen LogP contribution < -0.4 is 0 Å². The van der Waals surface area contributed by atoms with Gasteiger partial charge in [-0.1, -0.05) is 49.4 Å². The van der Waals surface area contributed by atoms with Gasteiger partial charge in [-0.3, -0.25) is 4.79 Å². The van der Waals surface area contributed by atoms with Crippen LogP contribution in [-0.2, 0) is 4.79 Å². The quantitative estimate of drug-likeness (QED) is 0.875. The van der Waals surface area contributed by atoms with E-state index in [1.54, 1.807) is 24.3 Å². The van der Waals surface area contributed by atoms with Crippen LogP contribution in [0, 0.1) is 11.8 Å². The molecule has 120 valence electrons. The predicted molar refractivity (Wildman–Crippen MR) is 86.1 cm³/mol. The third kappa shape index (κ3) is 2.77. The van der Waals surface area contributed by atoms with Gasteiger partial charge in [0.2, 0.25) is 0 Å². The molecule has 0 radical (unpaired) electrons. The molecule has 0 aromatic heterocycles. The summed E-state index contributed by atoms with van der Waals surface area (Å²) in [7, 11) is 0. The van der Waals surface area contributed by atoms with Crippen molar-refractivity contribution in [3.63, 3.8) is 0 Å². The summed E-state index contributed by atoms with van der Waals surface area (Å²) in [6, 6.07) is 6.95. The highest BCUT2D eigenvalue weighted by molar-refractivity contribution is 6.30. The summed E-state index contributed by atoms with van der Waals surface area (Å²) in [6.45, 7) is 0. The number of aliphatic carboxylic acids is 1. The molecule has 3 nitrogen and oxygen atoms in total. The Labute approximate surface area is 136 Å². The van der Waals surface area contributed by atoms with Gasteiger partial charge < -0.3 is 10.2 Å². The summed E-state index contributed by atoms with van der Waals surface area (Å²) in [5, 5.41) is 21.8. The van der Waals surface area contributed by atoms with Gasteiger partial charge in [-0.15, -0.1) is 0 Å². The first kappa shape index (κ1) is 15.8. The number of fused-ring (bicyclic) bond motifs is 1. The molecular formula is C18H23ClO3. The Morgan fingerprint density at radius 1 is 1.23 bits per heavy atom. The van der Waals surface area contributed by atoms with Crippen molar-refractivity contribution in [2.24, 2.45) is 11.8 Å². The Morgan fingerprint density at radius 2 is 1.95 bits per heavy atom. The van der Waals surface area contributed by atoms with Crippen LogP contribution in [0.15, 0.2) is 24.3 Å². The summed E-state index contributed by atoms with van der Waals surface area (Å²) in [4.78, 5) is 12.0. The fraction of sp³-hybridized carbons (Fsp3) is 0.611. The Morgan fingerprint density at radius 3 is 2.68 bits per heavy atom. The second kappa shape index (κ2) is 6.21. The molecule has 4 atom stereocenters. The van der Waals surface area contributed by atoms with Gasteiger partial charge in [0.05, 0.1) is 5.60 Å². The summed E-state index contributed by atoms with van der Waals surface area (Å²) < 4.78 is 0. The second-order valence-electron chi connectivity index (χ2n) is 6.86. The fourth-order valence-electron chi connectivity index (χ4n) is 4.73. The molecule has 1 aromatic rings. The van der Waals surface area contributed by atoms with Crippen LogP contribution in [0.4, 0.5) is 0 Å². The van der Waals surface area contributed by atoms with Crippen LogP contribution in [0.3, 0.4) is 0 Å². The molecule has 2 fully saturated rings. The maximum atomic E-state index is 12.0. The SMILES string of the molecule is O=C(O)[C@H](c1cccc(Cl)c1)[C@]1(O)CCC[C@@H]2CCCC[C@@H]21. The summed E-state index contributed by atoms with van der Waals surface area (Å²) in [5.74, 6) is -1.28. The maximum absolute atomic E-state index is 12.0. The number of carbonyl (C=O) groups is 1. The van der Waals surface area contributed by atoms with Crippen LogP contribution in [0.5, 0.6) is 0 Å². The lowest BCUT2D eigenvalue weighted by molar-refractivity contribution is -0.158. The standard InChI is InChI=1S/C18H23ClO3/c19-14-8-3-6-13(11-14)16(17(20)21)18(22)10-4-7-12-5-1-2-9-15(12)18/h3,6,8,11-12,15-16,22H,1-2,4-5,7,9-10H2,(H,20,21)/t12-,15-,16-,18-/m0/s1. The van der Waals surface area contributed by atoms with Crippen molar-refractivity contribution < 1.29 is 15.0 Å². The minimum absolute atomic E-state index is 0.0927. The molecular weight excluding hydrogens is 300 g/mol. The smallest absolute Gasteiger partial charge is 0.313 e. The lowest BCUT2D eigenvalue weighted by atomic mass is 9.58. The molecule has 0 unspecified atom stereocenters. The molecule has 0 aliphatic heterocycles. The average molecular weight is 323 g/mol. The normalized spacial score (nSPS) is 33.0. The van der Waals surface area contributed by atoms with Gasteiger partial charge in [0.15, 0.2) is 0 Å². The highest BCUT2D eigenvalue weighted by Gasteiger charge is 2.52. The molecule has 0 saturated heterocycles. The lowest BCUT2D eigenvalue weighted by Gasteiger charge is -2.50. The molecule has 1 aromatic carbocycles. The van der Waals surface area contributed by atoms with Crippen molar-refractivity contribution in [2.75, 3.05) is 0 Å². The Bertz CT molecular complexity index is 557. The molecule has 3 rings (SSSR count). The van der Waals surface area contributed by atoms with Crippen molar-refractivity contribution in [3.8, 4) is 0 Å². The van der Waals surface area contributed by atoms with E-state index in [0.717, 1.165) is 32.1 Å². The molecule has 4 heteroatoms. The first-order valence-electron chi connectivity index (χ1n) is 8.23. The minimum atomic E-state index is -1.15. The Hall–Kier alpha value is -1.06. The van der Waals surface area contributed by atoms with Crippen LogP contribution in [0.25, 0.3) is 0 Å². The number of hydrogen-bond donors (Lipinski definition) is 2. The van der Waals surface area contributed by atoms with Crippen molar-refractivity contribution in [3.05, 3.63) is 34.9 Å². The number of carboxylic acids is 1. The highest BCUT2D eigenvalue weighted by atomic mass is 35.5. The van der Waals surface area contributed by atoms with Gasteiger partial charge in [0.25, 0.3) is 0 Å². The van der Waals surface area contributed by atoms with Gasteiger partial charge in [-0.05, 0) is 48.8 Å². The monoisotopic (exact) mass is 322 g/mol. The van der Waals surface area contributed by atoms with Crippen LogP contribution >= 0.6 is 11.6 Å². The van der Waals surface area contributed by atoms with Gasteiger partial charge in [0.1, 0.15) is 5.92 Å². The van der Waals surface area contributed by atoms with Crippen LogP contribution in [0.1, 0.15) is 56.4 Å². The average Bonchev–Trinajstić information content (AvgIpc) is 2.47. The van der Waals surface area contributed by atoms with E-state index >= 15 is 0 Å². The molecule has 2 aliphatic rings. The summed E-state index contributed by atoms with van der Waals surface area (Å²) >= 11 is 6.04. The van der Waals surface area contributed by atoms with Gasteiger partial charge >= 0.3 is 5.97 Å². The van der Waals surface area contributed by atoms with E-state index in [9.17, 15) is 15.0 Å². The molecule has 2 saturated carbocycles. The van der Waals surface area contributed by atoms with Crippen molar-refractivity contribution in [2.45, 2.75) is 56.5 Å². The van der Waals surface area contributed by atoms with E-state index in [-0.39, 0.29) is 5.92 Å². The maximum Gasteiger partial charge on any atom is 0.313 e. The Balaban J connectivity index is 2.00. The number of rotatable bonds is 3. The summed E-state index contributed by atoms with van der Waals surface area (Å²) in [6.07, 6.45) is 6.94. The molecule has 0 spiro atoms. The molecule has 0 amide bonds. The number of aliphatic hydroxyl groups is 1. The zero-order valence-corrected chi connectivity index (χ0v) is 13.4. The van der Waals surface area contributed by atoms with E-state index in [1.165, 1.54) is 6.42 Å². The van der Waals surface area contributed by atoms with Crippen molar-refractivity contribution in [1.29, 1.82) is 0 Å². The predicted octanol–water partition coefficient (Wildman–Crippen LogP) is 4.23. The first-order valence-corrected chi connectivity index (χ1v) is 8.61. The van der Waals surface area contributed by atoms with E-state index < -0.39 is 17.5 Å². The third-order valence-electron chi connectivity index (χ3n) is 5.63. The molecule has 0 heterocycles. The number of benzene rings is 1. The lowest BCUT2D eigenvalue weighted by Crippen LogP contribution is -2.52.